The Morgan fingerprint density at radius 3 is 2.29 bits per heavy atom. The van der Waals surface area contributed by atoms with E-state index >= 15 is 0 Å². The standard InChI is InChI=1S/C27H23FN2O/c28-23-16-14-21(15-17-23)27(31)30-26(20-10-5-2-6-11-20)24-13-7-12-22(25(24)29-30)18-19-8-3-1-4-9-19/h1-6,8-11,14-18,26,29H,7,12-13H2/b22-18+/t26-/m0/s1. The lowest BCUT2D eigenvalue weighted by molar-refractivity contribution is 0.0656. The first-order valence-electron chi connectivity index (χ1n) is 10.6. The Hall–Kier alpha value is -3.66. The van der Waals surface area contributed by atoms with Gasteiger partial charge in [0, 0.05) is 5.56 Å². The van der Waals surface area contributed by atoms with Gasteiger partial charge in [-0.05, 0) is 71.9 Å². The zero-order valence-electron chi connectivity index (χ0n) is 17.1. The zero-order valence-corrected chi connectivity index (χ0v) is 17.1. The zero-order chi connectivity index (χ0) is 21.2. The molecule has 5 rings (SSSR count). The van der Waals surface area contributed by atoms with Crippen molar-refractivity contribution in [3.8, 4) is 0 Å². The van der Waals surface area contributed by atoms with Gasteiger partial charge in [-0.3, -0.25) is 10.2 Å². The molecule has 0 aromatic heterocycles. The Balaban J connectivity index is 1.57. The Morgan fingerprint density at radius 2 is 1.58 bits per heavy atom. The minimum atomic E-state index is -0.351. The Morgan fingerprint density at radius 1 is 0.903 bits per heavy atom. The summed E-state index contributed by atoms with van der Waals surface area (Å²) in [7, 11) is 0. The fourth-order valence-electron chi connectivity index (χ4n) is 4.46. The molecule has 3 nitrogen and oxygen atoms in total. The van der Waals surface area contributed by atoms with E-state index in [2.05, 4.69) is 35.8 Å². The minimum absolute atomic E-state index is 0.165. The molecular weight excluding hydrogens is 387 g/mol. The van der Waals surface area contributed by atoms with Gasteiger partial charge in [0.1, 0.15) is 11.9 Å². The summed E-state index contributed by atoms with van der Waals surface area (Å²) < 4.78 is 13.4. The van der Waals surface area contributed by atoms with Crippen molar-refractivity contribution < 1.29 is 9.18 Å². The third-order valence-corrected chi connectivity index (χ3v) is 5.92. The van der Waals surface area contributed by atoms with Crippen LogP contribution in [0.4, 0.5) is 4.39 Å². The summed E-state index contributed by atoms with van der Waals surface area (Å²) >= 11 is 0. The van der Waals surface area contributed by atoms with Gasteiger partial charge in [0.2, 0.25) is 0 Å². The van der Waals surface area contributed by atoms with Gasteiger partial charge in [-0.1, -0.05) is 60.7 Å². The number of nitrogens with zero attached hydrogens (tertiary/aromatic N) is 1. The van der Waals surface area contributed by atoms with E-state index in [9.17, 15) is 9.18 Å². The van der Waals surface area contributed by atoms with E-state index in [4.69, 9.17) is 0 Å². The maximum atomic E-state index is 13.4. The number of hydrogen-bond donors (Lipinski definition) is 1. The van der Waals surface area contributed by atoms with Crippen LogP contribution in [0, 0.1) is 5.82 Å². The van der Waals surface area contributed by atoms with E-state index in [-0.39, 0.29) is 17.8 Å². The van der Waals surface area contributed by atoms with E-state index in [1.807, 2.05) is 36.4 Å². The third-order valence-electron chi connectivity index (χ3n) is 5.92. The molecule has 0 spiro atoms. The Bertz CT molecular complexity index is 1150. The van der Waals surface area contributed by atoms with Crippen molar-refractivity contribution in [2.24, 2.45) is 0 Å². The lowest BCUT2D eigenvalue weighted by atomic mass is 9.86. The van der Waals surface area contributed by atoms with Crippen LogP contribution in [-0.2, 0) is 0 Å². The van der Waals surface area contributed by atoms with E-state index in [0.717, 1.165) is 36.1 Å². The van der Waals surface area contributed by atoms with Crippen LogP contribution < -0.4 is 5.43 Å². The highest BCUT2D eigenvalue weighted by molar-refractivity contribution is 5.95. The van der Waals surface area contributed by atoms with Crippen LogP contribution in [-0.4, -0.2) is 10.9 Å². The minimum Gasteiger partial charge on any atom is -0.295 e. The number of benzene rings is 3. The van der Waals surface area contributed by atoms with Gasteiger partial charge in [0.05, 0.1) is 5.70 Å². The summed E-state index contributed by atoms with van der Waals surface area (Å²) in [6.07, 6.45) is 5.14. The molecule has 1 amide bonds. The fourth-order valence-corrected chi connectivity index (χ4v) is 4.46. The molecule has 1 aliphatic heterocycles. The first-order valence-corrected chi connectivity index (χ1v) is 10.6. The van der Waals surface area contributed by atoms with Crippen LogP contribution >= 0.6 is 0 Å². The number of hydrazine groups is 1. The molecular formula is C27H23FN2O. The monoisotopic (exact) mass is 410 g/mol. The molecule has 0 saturated heterocycles. The van der Waals surface area contributed by atoms with E-state index < -0.39 is 0 Å². The average Bonchev–Trinajstić information content (AvgIpc) is 3.21. The van der Waals surface area contributed by atoms with Crippen molar-refractivity contribution >= 4 is 12.0 Å². The molecule has 4 heteroatoms. The Kier molecular flexibility index (Phi) is 5.13. The summed E-state index contributed by atoms with van der Waals surface area (Å²) in [6, 6.07) is 25.9. The molecule has 2 aliphatic rings. The number of nitrogens with one attached hydrogen (secondary N) is 1. The van der Waals surface area contributed by atoms with Gasteiger partial charge < -0.3 is 0 Å². The van der Waals surface area contributed by atoms with Crippen molar-refractivity contribution in [2.75, 3.05) is 0 Å². The molecule has 1 N–H and O–H groups in total. The van der Waals surface area contributed by atoms with Crippen LogP contribution in [0.2, 0.25) is 0 Å². The molecule has 0 fully saturated rings. The highest BCUT2D eigenvalue weighted by Gasteiger charge is 2.39. The van der Waals surface area contributed by atoms with Crippen LogP contribution in [0.3, 0.4) is 0 Å². The van der Waals surface area contributed by atoms with Gasteiger partial charge in [-0.25, -0.2) is 9.40 Å². The van der Waals surface area contributed by atoms with Crippen molar-refractivity contribution in [2.45, 2.75) is 25.3 Å². The molecule has 0 saturated carbocycles. The van der Waals surface area contributed by atoms with Crippen LogP contribution in [0.15, 0.2) is 102 Å². The van der Waals surface area contributed by atoms with Crippen molar-refractivity contribution in [3.63, 3.8) is 0 Å². The quantitative estimate of drug-likeness (QED) is 0.570. The normalized spacial score (nSPS) is 19.3. The number of carbonyl (C=O) groups excluding carboxylic acids is 1. The largest absolute Gasteiger partial charge is 0.295 e. The summed E-state index contributed by atoms with van der Waals surface area (Å²) in [5.74, 6) is -0.515. The molecule has 1 atom stereocenters. The molecule has 1 heterocycles. The molecule has 31 heavy (non-hydrogen) atoms. The predicted octanol–water partition coefficient (Wildman–Crippen LogP) is 6.05. The maximum absolute atomic E-state index is 13.4. The van der Waals surface area contributed by atoms with E-state index in [1.165, 1.54) is 23.3 Å². The second-order valence-corrected chi connectivity index (χ2v) is 7.94. The van der Waals surface area contributed by atoms with Gasteiger partial charge >= 0.3 is 0 Å². The van der Waals surface area contributed by atoms with Crippen LogP contribution in [0.1, 0.15) is 46.8 Å². The summed E-state index contributed by atoms with van der Waals surface area (Å²) in [6.45, 7) is 0. The third kappa shape index (κ3) is 3.77. The summed E-state index contributed by atoms with van der Waals surface area (Å²) in [5.41, 5.74) is 9.58. The average molecular weight is 410 g/mol. The molecule has 3 aromatic rings. The number of rotatable bonds is 3. The molecule has 0 radical (unpaired) electrons. The number of hydrogen-bond acceptors (Lipinski definition) is 2. The van der Waals surface area contributed by atoms with Gasteiger partial charge in [0.15, 0.2) is 0 Å². The highest BCUT2D eigenvalue weighted by atomic mass is 19.1. The number of amides is 1. The van der Waals surface area contributed by atoms with Gasteiger partial charge in [0.25, 0.3) is 5.91 Å². The summed E-state index contributed by atoms with van der Waals surface area (Å²) in [4.78, 5) is 13.4. The first-order chi connectivity index (χ1) is 15.2. The SMILES string of the molecule is O=C(c1ccc(F)cc1)N1NC2=C(CCC/C2=C\c2ccccc2)[C@@H]1c1ccccc1. The Labute approximate surface area is 181 Å². The van der Waals surface area contributed by atoms with Crippen molar-refractivity contribution in [1.29, 1.82) is 0 Å². The highest BCUT2D eigenvalue weighted by Crippen LogP contribution is 2.44. The smallest absolute Gasteiger partial charge is 0.273 e. The number of carbonyl (C=O) groups is 1. The van der Waals surface area contributed by atoms with Crippen molar-refractivity contribution in [1.82, 2.24) is 10.4 Å². The van der Waals surface area contributed by atoms with Crippen LogP contribution in [0.5, 0.6) is 0 Å². The molecule has 154 valence electrons. The first kappa shape index (κ1) is 19.3. The van der Waals surface area contributed by atoms with Crippen molar-refractivity contribution in [3.05, 3.63) is 124 Å². The second-order valence-electron chi connectivity index (χ2n) is 7.94. The molecule has 0 unspecified atom stereocenters. The van der Waals surface area contributed by atoms with Gasteiger partial charge in [-0.2, -0.15) is 0 Å². The second kappa shape index (κ2) is 8.23. The van der Waals surface area contributed by atoms with Crippen LogP contribution in [0.25, 0.3) is 6.08 Å². The molecule has 3 aromatic carbocycles. The lowest BCUT2D eigenvalue weighted by Crippen LogP contribution is -2.40. The lowest BCUT2D eigenvalue weighted by Gasteiger charge is -2.27. The molecule has 1 aliphatic carbocycles. The number of halogens is 1. The molecule has 0 bridgehead atoms. The van der Waals surface area contributed by atoms with Gasteiger partial charge in [-0.15, -0.1) is 0 Å². The van der Waals surface area contributed by atoms with E-state index in [0.29, 0.717) is 5.56 Å². The topological polar surface area (TPSA) is 32.3 Å². The maximum Gasteiger partial charge on any atom is 0.273 e. The van der Waals surface area contributed by atoms with E-state index in [1.54, 1.807) is 17.1 Å². The summed E-state index contributed by atoms with van der Waals surface area (Å²) in [5, 5.41) is 1.71. The predicted molar refractivity (Wildman–Crippen MR) is 120 cm³/mol. The number of allylic oxidation sites excluding steroid dienone is 1. The fraction of sp³-hybridized carbons (Fsp3) is 0.148.